The van der Waals surface area contributed by atoms with E-state index in [-0.39, 0.29) is 19.0 Å². The molecule has 0 fully saturated rings. The van der Waals surface area contributed by atoms with Crippen molar-refractivity contribution in [1.82, 2.24) is 5.32 Å². The Morgan fingerprint density at radius 1 is 0.839 bits per heavy atom. The number of ether oxygens (including phenoxy) is 2. The van der Waals surface area contributed by atoms with Crippen LogP contribution in [0.1, 0.15) is 11.1 Å². The normalized spacial score (nSPS) is 10.9. The Hall–Kier alpha value is -4.33. The van der Waals surface area contributed by atoms with E-state index in [9.17, 15) is 14.7 Å². The van der Waals surface area contributed by atoms with E-state index in [2.05, 4.69) is 10.3 Å². The molecule has 3 rings (SSSR count). The third-order valence-corrected chi connectivity index (χ3v) is 4.19. The van der Waals surface area contributed by atoms with Gasteiger partial charge in [0.25, 0.3) is 0 Å². The van der Waals surface area contributed by atoms with E-state index in [1.165, 1.54) is 0 Å². The first-order valence-corrected chi connectivity index (χ1v) is 9.37. The molecule has 0 saturated heterocycles. The predicted octanol–water partition coefficient (Wildman–Crippen LogP) is 3.94. The molecule has 0 aliphatic carbocycles. The molecule has 0 aromatic heterocycles. The molecule has 8 nitrogen and oxygen atoms in total. The monoisotopic (exact) mass is 419 g/mol. The standard InChI is InChI=1S/C23H21N3O5/c24-21(25-22(28)30-14-16-6-2-1-3-7-16)26-23(29)31-15-17-10-12-18(13-11-17)19-8-4-5-9-20(19)27/h1-13,27H,14-15H2,(H3,24,25,26,28,29). The lowest BCUT2D eigenvalue weighted by Crippen LogP contribution is -2.37. The molecule has 0 saturated carbocycles. The van der Waals surface area contributed by atoms with Crippen molar-refractivity contribution in [3.05, 3.63) is 90.0 Å². The van der Waals surface area contributed by atoms with Gasteiger partial charge in [-0.2, -0.15) is 0 Å². The lowest BCUT2D eigenvalue weighted by Gasteiger charge is -2.08. The van der Waals surface area contributed by atoms with E-state index >= 15 is 0 Å². The van der Waals surface area contributed by atoms with Crippen LogP contribution >= 0.6 is 0 Å². The number of nitrogens with two attached hydrogens (primary N) is 1. The van der Waals surface area contributed by atoms with Crippen molar-refractivity contribution < 1.29 is 24.2 Å². The van der Waals surface area contributed by atoms with Gasteiger partial charge in [-0.25, -0.2) is 9.59 Å². The Morgan fingerprint density at radius 3 is 2.16 bits per heavy atom. The Bertz CT molecular complexity index is 1070. The van der Waals surface area contributed by atoms with Gasteiger partial charge in [-0.1, -0.05) is 72.8 Å². The summed E-state index contributed by atoms with van der Waals surface area (Å²) in [7, 11) is 0. The summed E-state index contributed by atoms with van der Waals surface area (Å²) in [6.45, 7) is 0.0241. The van der Waals surface area contributed by atoms with Gasteiger partial charge in [0, 0.05) is 5.56 Å². The third kappa shape index (κ3) is 6.60. The van der Waals surface area contributed by atoms with Crippen LogP contribution in [0.2, 0.25) is 0 Å². The summed E-state index contributed by atoms with van der Waals surface area (Å²) in [6, 6.07) is 23.2. The number of aromatic hydroxyl groups is 1. The quantitative estimate of drug-likeness (QED) is 0.425. The maximum absolute atomic E-state index is 11.8. The van der Waals surface area contributed by atoms with Gasteiger partial charge in [0.1, 0.15) is 19.0 Å². The molecule has 2 amide bonds. The van der Waals surface area contributed by atoms with Crippen molar-refractivity contribution in [3.63, 3.8) is 0 Å². The summed E-state index contributed by atoms with van der Waals surface area (Å²) >= 11 is 0. The van der Waals surface area contributed by atoms with Crippen molar-refractivity contribution in [1.29, 1.82) is 0 Å². The highest BCUT2D eigenvalue weighted by atomic mass is 16.6. The number of guanidine groups is 1. The maximum atomic E-state index is 11.8. The number of carbonyl (C=O) groups excluding carboxylic acids is 2. The molecule has 0 atom stereocenters. The number of nitrogens with one attached hydrogen (secondary N) is 1. The van der Waals surface area contributed by atoms with Crippen LogP contribution in [-0.4, -0.2) is 23.3 Å². The second kappa shape index (κ2) is 10.4. The van der Waals surface area contributed by atoms with Crippen LogP contribution < -0.4 is 11.1 Å². The number of hydrogen-bond acceptors (Lipinski definition) is 5. The van der Waals surface area contributed by atoms with Crippen LogP contribution in [0.5, 0.6) is 5.75 Å². The molecule has 4 N–H and O–H groups in total. The molecule has 158 valence electrons. The first kappa shape index (κ1) is 21.4. The molecular formula is C23H21N3O5. The van der Waals surface area contributed by atoms with Crippen LogP contribution in [0.3, 0.4) is 0 Å². The molecule has 0 heterocycles. The number of benzene rings is 3. The Labute approximate surface area is 178 Å². The summed E-state index contributed by atoms with van der Waals surface area (Å²) in [5, 5.41) is 12.1. The summed E-state index contributed by atoms with van der Waals surface area (Å²) in [5.74, 6) is -0.249. The molecule has 0 aliphatic heterocycles. The fraction of sp³-hybridized carbons (Fsp3) is 0.0870. The van der Waals surface area contributed by atoms with Gasteiger partial charge < -0.3 is 20.3 Å². The van der Waals surface area contributed by atoms with Crippen molar-refractivity contribution >= 4 is 18.1 Å². The third-order valence-electron chi connectivity index (χ3n) is 4.19. The minimum absolute atomic E-state index is 0.0153. The lowest BCUT2D eigenvalue weighted by atomic mass is 10.0. The van der Waals surface area contributed by atoms with Crippen molar-refractivity contribution in [2.75, 3.05) is 0 Å². The van der Waals surface area contributed by atoms with Gasteiger partial charge in [0.05, 0.1) is 0 Å². The van der Waals surface area contributed by atoms with E-state index in [0.29, 0.717) is 5.56 Å². The summed E-state index contributed by atoms with van der Waals surface area (Å²) in [4.78, 5) is 26.9. The fourth-order valence-corrected chi connectivity index (χ4v) is 2.67. The number of para-hydroxylation sites is 1. The van der Waals surface area contributed by atoms with E-state index in [1.807, 2.05) is 36.4 Å². The molecule has 0 spiro atoms. The zero-order valence-electron chi connectivity index (χ0n) is 16.5. The zero-order valence-corrected chi connectivity index (χ0v) is 16.5. The average Bonchev–Trinajstić information content (AvgIpc) is 2.78. The average molecular weight is 419 g/mol. The van der Waals surface area contributed by atoms with Crippen LogP contribution in [0.15, 0.2) is 83.9 Å². The number of phenolic OH excluding ortho intramolecular Hbond substituents is 1. The van der Waals surface area contributed by atoms with E-state index < -0.39 is 18.1 Å². The minimum atomic E-state index is -0.929. The Morgan fingerprint density at radius 2 is 1.45 bits per heavy atom. The number of aliphatic imine (C=N–C) groups is 1. The SMILES string of the molecule is NC(=NC(=O)OCc1ccccc1)NC(=O)OCc1ccc(-c2ccccc2O)cc1. The van der Waals surface area contributed by atoms with Gasteiger partial charge in [-0.05, 0) is 22.8 Å². The number of carbonyl (C=O) groups is 2. The molecule has 3 aromatic rings. The molecule has 31 heavy (non-hydrogen) atoms. The molecule has 0 aliphatic rings. The molecule has 0 radical (unpaired) electrons. The second-order valence-electron chi connectivity index (χ2n) is 6.45. The van der Waals surface area contributed by atoms with Crippen LogP contribution in [-0.2, 0) is 22.7 Å². The second-order valence-corrected chi connectivity index (χ2v) is 6.45. The lowest BCUT2D eigenvalue weighted by molar-refractivity contribution is 0.144. The predicted molar refractivity (Wildman–Crippen MR) is 115 cm³/mol. The maximum Gasteiger partial charge on any atom is 0.437 e. The van der Waals surface area contributed by atoms with Gasteiger partial charge in [0.2, 0.25) is 5.96 Å². The molecule has 3 aromatic carbocycles. The summed E-state index contributed by atoms with van der Waals surface area (Å²) in [5.41, 5.74) is 8.59. The smallest absolute Gasteiger partial charge is 0.437 e. The fourth-order valence-electron chi connectivity index (χ4n) is 2.67. The van der Waals surface area contributed by atoms with Gasteiger partial charge in [0.15, 0.2) is 0 Å². The van der Waals surface area contributed by atoms with Crippen LogP contribution in [0.4, 0.5) is 9.59 Å². The Kier molecular flexibility index (Phi) is 7.21. The minimum Gasteiger partial charge on any atom is -0.507 e. The summed E-state index contributed by atoms with van der Waals surface area (Å²) in [6.07, 6.45) is -1.79. The summed E-state index contributed by atoms with van der Waals surface area (Å²) < 4.78 is 10.0. The molecule has 8 heteroatoms. The van der Waals surface area contributed by atoms with E-state index in [1.54, 1.807) is 42.5 Å². The Balaban J connectivity index is 1.45. The number of amides is 2. The van der Waals surface area contributed by atoms with Crippen molar-refractivity contribution in [2.24, 2.45) is 10.7 Å². The number of phenols is 1. The van der Waals surface area contributed by atoms with Crippen molar-refractivity contribution in [3.8, 4) is 16.9 Å². The van der Waals surface area contributed by atoms with E-state index in [0.717, 1.165) is 16.7 Å². The highest BCUT2D eigenvalue weighted by Gasteiger charge is 2.09. The van der Waals surface area contributed by atoms with E-state index in [4.69, 9.17) is 15.2 Å². The number of nitrogens with zero attached hydrogens (tertiary/aromatic N) is 1. The van der Waals surface area contributed by atoms with Gasteiger partial charge in [-0.15, -0.1) is 4.99 Å². The number of hydrogen-bond donors (Lipinski definition) is 3. The van der Waals surface area contributed by atoms with Crippen molar-refractivity contribution in [2.45, 2.75) is 13.2 Å². The molecule has 0 bridgehead atoms. The number of alkyl carbamates (subject to hydrolysis) is 1. The largest absolute Gasteiger partial charge is 0.507 e. The molecular weight excluding hydrogens is 398 g/mol. The van der Waals surface area contributed by atoms with Crippen LogP contribution in [0.25, 0.3) is 11.1 Å². The number of rotatable bonds is 5. The highest BCUT2D eigenvalue weighted by Crippen LogP contribution is 2.28. The molecule has 0 unspecified atom stereocenters. The zero-order chi connectivity index (χ0) is 22.1. The topological polar surface area (TPSA) is 123 Å². The highest BCUT2D eigenvalue weighted by molar-refractivity contribution is 5.97. The first-order valence-electron chi connectivity index (χ1n) is 9.37. The van der Waals surface area contributed by atoms with Gasteiger partial charge >= 0.3 is 12.2 Å². The van der Waals surface area contributed by atoms with Crippen LogP contribution in [0, 0.1) is 0 Å². The van der Waals surface area contributed by atoms with Gasteiger partial charge in [-0.3, -0.25) is 5.32 Å². The first-order chi connectivity index (χ1) is 15.0.